The monoisotopic (exact) mass is 298 g/mol. The molecule has 2 aromatic rings. The molecule has 21 heavy (non-hydrogen) atoms. The van der Waals surface area contributed by atoms with E-state index in [1.807, 2.05) is 37.3 Å². The number of benzene rings is 2. The van der Waals surface area contributed by atoms with Crippen LogP contribution < -0.4 is 0 Å². The summed E-state index contributed by atoms with van der Waals surface area (Å²) in [5, 5.41) is 1.74. The van der Waals surface area contributed by atoms with E-state index in [9.17, 15) is 4.79 Å². The number of ether oxygens (including phenoxy) is 1. The van der Waals surface area contributed by atoms with Gasteiger partial charge in [0, 0.05) is 6.42 Å². The van der Waals surface area contributed by atoms with Gasteiger partial charge in [-0.05, 0) is 34.5 Å². The molecule has 3 heteroatoms. The first-order chi connectivity index (χ1) is 10.2. The van der Waals surface area contributed by atoms with Crippen molar-refractivity contribution < 1.29 is 9.53 Å². The maximum Gasteiger partial charge on any atom is 0.312 e. The van der Waals surface area contributed by atoms with Crippen LogP contribution in [0.4, 0.5) is 0 Å². The first-order valence-electron chi connectivity index (χ1n) is 6.86. The summed E-state index contributed by atoms with van der Waals surface area (Å²) in [5.74, 6) is -0.462. The SMILES string of the molecule is COC(=O)C(C)c1ccc(-c2cccc(CC=S)c2)cc1. The van der Waals surface area contributed by atoms with Crippen molar-refractivity contribution >= 4 is 23.6 Å². The minimum absolute atomic E-state index is 0.217. The van der Waals surface area contributed by atoms with Gasteiger partial charge in [0.05, 0.1) is 13.0 Å². The summed E-state index contributed by atoms with van der Waals surface area (Å²) in [6.45, 7) is 1.85. The number of methoxy groups -OCH3 is 1. The summed E-state index contributed by atoms with van der Waals surface area (Å²) in [6, 6.07) is 16.3. The van der Waals surface area contributed by atoms with Gasteiger partial charge in [-0.1, -0.05) is 60.7 Å². The maximum atomic E-state index is 11.5. The highest BCUT2D eigenvalue weighted by atomic mass is 32.1. The Kier molecular flexibility index (Phi) is 5.23. The molecule has 1 atom stereocenters. The van der Waals surface area contributed by atoms with Crippen molar-refractivity contribution in [2.75, 3.05) is 7.11 Å². The Bertz CT molecular complexity index is 632. The van der Waals surface area contributed by atoms with Crippen molar-refractivity contribution in [1.29, 1.82) is 0 Å². The maximum absolute atomic E-state index is 11.5. The molecule has 0 heterocycles. The minimum Gasteiger partial charge on any atom is -0.469 e. The molecule has 0 N–H and O–H groups in total. The van der Waals surface area contributed by atoms with E-state index in [1.165, 1.54) is 12.7 Å². The lowest BCUT2D eigenvalue weighted by Gasteiger charge is -2.10. The van der Waals surface area contributed by atoms with E-state index < -0.39 is 0 Å². The predicted octanol–water partition coefficient (Wildman–Crippen LogP) is 4.17. The lowest BCUT2D eigenvalue weighted by Crippen LogP contribution is -2.10. The first kappa shape index (κ1) is 15.4. The van der Waals surface area contributed by atoms with E-state index in [0.717, 1.165) is 23.1 Å². The third kappa shape index (κ3) is 3.76. The second-order valence-electron chi connectivity index (χ2n) is 4.94. The Hall–Kier alpha value is -2.00. The Morgan fingerprint density at radius 1 is 1.19 bits per heavy atom. The first-order valence-corrected chi connectivity index (χ1v) is 7.33. The van der Waals surface area contributed by atoms with Crippen LogP contribution >= 0.6 is 12.2 Å². The third-order valence-corrected chi connectivity index (χ3v) is 3.71. The molecular formula is C18H18O2S. The second kappa shape index (κ2) is 7.14. The van der Waals surface area contributed by atoms with E-state index in [0.29, 0.717) is 0 Å². The van der Waals surface area contributed by atoms with Gasteiger partial charge in [0.1, 0.15) is 0 Å². The quantitative estimate of drug-likeness (QED) is 0.612. The number of hydrogen-bond acceptors (Lipinski definition) is 3. The molecule has 0 bridgehead atoms. The highest BCUT2D eigenvalue weighted by Crippen LogP contribution is 2.24. The lowest BCUT2D eigenvalue weighted by molar-refractivity contribution is -0.141. The minimum atomic E-state index is -0.245. The Morgan fingerprint density at radius 2 is 1.90 bits per heavy atom. The van der Waals surface area contributed by atoms with Gasteiger partial charge < -0.3 is 4.74 Å². The fraction of sp³-hybridized carbons (Fsp3) is 0.222. The molecule has 0 fully saturated rings. The van der Waals surface area contributed by atoms with Crippen LogP contribution in [0, 0.1) is 0 Å². The van der Waals surface area contributed by atoms with Gasteiger partial charge in [0.2, 0.25) is 0 Å². The van der Waals surface area contributed by atoms with Crippen LogP contribution in [0.1, 0.15) is 24.0 Å². The third-order valence-electron chi connectivity index (χ3n) is 3.54. The van der Waals surface area contributed by atoms with Crippen LogP contribution in [0.3, 0.4) is 0 Å². The van der Waals surface area contributed by atoms with Gasteiger partial charge in [-0.15, -0.1) is 0 Å². The largest absolute Gasteiger partial charge is 0.469 e. The second-order valence-corrected chi connectivity index (χ2v) is 5.27. The number of esters is 1. The van der Waals surface area contributed by atoms with Gasteiger partial charge in [-0.2, -0.15) is 0 Å². The predicted molar refractivity (Wildman–Crippen MR) is 89.7 cm³/mol. The molecule has 108 valence electrons. The summed E-state index contributed by atoms with van der Waals surface area (Å²) in [4.78, 5) is 11.5. The van der Waals surface area contributed by atoms with Crippen molar-refractivity contribution in [3.8, 4) is 11.1 Å². The summed E-state index contributed by atoms with van der Waals surface area (Å²) >= 11 is 4.91. The lowest BCUT2D eigenvalue weighted by atomic mass is 9.96. The standard InChI is InChI=1S/C18H18O2S/c1-13(18(19)20-2)15-6-8-16(9-7-15)17-5-3-4-14(12-17)10-11-21/h3-9,11-13H,10H2,1-2H3. The van der Waals surface area contributed by atoms with Gasteiger partial charge >= 0.3 is 5.97 Å². The molecule has 0 radical (unpaired) electrons. The van der Waals surface area contributed by atoms with Gasteiger partial charge in [-0.25, -0.2) is 0 Å². The molecule has 0 spiro atoms. The highest BCUT2D eigenvalue weighted by molar-refractivity contribution is 7.78. The number of carbonyl (C=O) groups is 1. The molecule has 0 aromatic heterocycles. The van der Waals surface area contributed by atoms with E-state index in [2.05, 4.69) is 18.2 Å². The number of hydrogen-bond donors (Lipinski definition) is 0. The Balaban J connectivity index is 2.24. The van der Waals surface area contributed by atoms with E-state index >= 15 is 0 Å². The average molecular weight is 298 g/mol. The molecule has 2 aromatic carbocycles. The molecule has 1 unspecified atom stereocenters. The normalized spacial score (nSPS) is 11.7. The number of carbonyl (C=O) groups excluding carboxylic acids is 1. The zero-order valence-corrected chi connectivity index (χ0v) is 13.0. The van der Waals surface area contributed by atoms with E-state index in [4.69, 9.17) is 17.0 Å². The zero-order chi connectivity index (χ0) is 15.2. The molecule has 0 amide bonds. The summed E-state index contributed by atoms with van der Waals surface area (Å²) < 4.78 is 4.77. The molecule has 0 aliphatic heterocycles. The van der Waals surface area contributed by atoms with Gasteiger partial charge in [0.15, 0.2) is 0 Å². The van der Waals surface area contributed by atoms with E-state index in [-0.39, 0.29) is 11.9 Å². The van der Waals surface area contributed by atoms with Crippen LogP contribution in [0.5, 0.6) is 0 Å². The fourth-order valence-corrected chi connectivity index (χ4v) is 2.44. The van der Waals surface area contributed by atoms with Crippen LogP contribution in [0.25, 0.3) is 11.1 Å². The van der Waals surface area contributed by atoms with Gasteiger partial charge in [-0.3, -0.25) is 4.79 Å². The highest BCUT2D eigenvalue weighted by Gasteiger charge is 2.15. The molecule has 0 saturated heterocycles. The molecule has 2 nitrogen and oxygen atoms in total. The summed E-state index contributed by atoms with van der Waals surface area (Å²) in [6.07, 6.45) is 0.792. The van der Waals surface area contributed by atoms with Crippen LogP contribution in [0.2, 0.25) is 0 Å². The molecule has 0 aliphatic carbocycles. The molecule has 0 saturated carbocycles. The molecular weight excluding hydrogens is 280 g/mol. The fourth-order valence-electron chi connectivity index (χ4n) is 2.25. The van der Waals surface area contributed by atoms with Crippen molar-refractivity contribution in [2.24, 2.45) is 0 Å². The zero-order valence-electron chi connectivity index (χ0n) is 12.2. The number of rotatable bonds is 5. The van der Waals surface area contributed by atoms with Crippen molar-refractivity contribution in [3.63, 3.8) is 0 Å². The van der Waals surface area contributed by atoms with Crippen molar-refractivity contribution in [2.45, 2.75) is 19.3 Å². The average Bonchev–Trinajstić information content (AvgIpc) is 2.54. The Morgan fingerprint density at radius 3 is 2.52 bits per heavy atom. The topological polar surface area (TPSA) is 26.3 Å². The van der Waals surface area contributed by atoms with Crippen LogP contribution in [-0.4, -0.2) is 18.4 Å². The van der Waals surface area contributed by atoms with E-state index in [1.54, 1.807) is 5.37 Å². The van der Waals surface area contributed by atoms with Crippen molar-refractivity contribution in [1.82, 2.24) is 0 Å². The number of thiocarbonyl (C=S) groups is 1. The van der Waals surface area contributed by atoms with Crippen LogP contribution in [-0.2, 0) is 16.0 Å². The molecule has 2 rings (SSSR count). The summed E-state index contributed by atoms with van der Waals surface area (Å²) in [5.41, 5.74) is 4.44. The van der Waals surface area contributed by atoms with Gasteiger partial charge in [0.25, 0.3) is 0 Å². The molecule has 0 aliphatic rings. The smallest absolute Gasteiger partial charge is 0.312 e. The van der Waals surface area contributed by atoms with Crippen molar-refractivity contribution in [3.05, 3.63) is 59.7 Å². The van der Waals surface area contributed by atoms with Crippen LogP contribution in [0.15, 0.2) is 48.5 Å². The summed E-state index contributed by atoms with van der Waals surface area (Å²) in [7, 11) is 1.41. The Labute approximate surface area is 130 Å².